The third-order valence-corrected chi connectivity index (χ3v) is 4.03. The molecule has 5 heteroatoms. The standard InChI is InChI=1S/C15H18N2O2S/c1-15(2,3)12-11(14(18)19)20-13(17-12)10-6-4-5-9(7-10)8-16/h4-7H,8,16H2,1-3H3,(H,18,19). The van der Waals surface area contributed by atoms with Crippen molar-refractivity contribution >= 4 is 17.3 Å². The van der Waals surface area contributed by atoms with Crippen molar-refractivity contribution in [1.29, 1.82) is 0 Å². The Bertz CT molecular complexity index is 642. The van der Waals surface area contributed by atoms with Crippen molar-refractivity contribution in [2.24, 2.45) is 5.73 Å². The highest BCUT2D eigenvalue weighted by Crippen LogP contribution is 2.34. The van der Waals surface area contributed by atoms with Gasteiger partial charge in [0.2, 0.25) is 0 Å². The second-order valence-electron chi connectivity index (χ2n) is 5.66. The van der Waals surface area contributed by atoms with E-state index in [-0.39, 0.29) is 5.41 Å². The summed E-state index contributed by atoms with van der Waals surface area (Å²) in [5.41, 5.74) is 7.89. The summed E-state index contributed by atoms with van der Waals surface area (Å²) in [6.45, 7) is 6.36. The molecule has 0 bridgehead atoms. The Morgan fingerprint density at radius 3 is 2.60 bits per heavy atom. The molecular formula is C15H18N2O2S. The summed E-state index contributed by atoms with van der Waals surface area (Å²) in [4.78, 5) is 16.2. The maximum atomic E-state index is 11.4. The Kier molecular flexibility index (Phi) is 3.92. The maximum absolute atomic E-state index is 11.4. The predicted octanol–water partition coefficient (Wildman–Crippen LogP) is 3.26. The number of rotatable bonds is 3. The van der Waals surface area contributed by atoms with E-state index >= 15 is 0 Å². The molecule has 0 aliphatic carbocycles. The molecule has 0 unspecified atom stereocenters. The Morgan fingerprint density at radius 1 is 1.40 bits per heavy atom. The van der Waals surface area contributed by atoms with Gasteiger partial charge in [-0.2, -0.15) is 0 Å². The van der Waals surface area contributed by atoms with E-state index < -0.39 is 5.97 Å². The van der Waals surface area contributed by atoms with Crippen LogP contribution in [-0.4, -0.2) is 16.1 Å². The molecule has 106 valence electrons. The Labute approximate surface area is 122 Å². The summed E-state index contributed by atoms with van der Waals surface area (Å²) in [7, 11) is 0. The van der Waals surface area contributed by atoms with E-state index in [1.807, 2.05) is 45.0 Å². The molecule has 0 fully saturated rings. The molecule has 0 aliphatic rings. The summed E-state index contributed by atoms with van der Waals surface area (Å²) in [6, 6.07) is 7.74. The Balaban J connectivity index is 2.56. The first-order chi connectivity index (χ1) is 9.32. The van der Waals surface area contributed by atoms with Crippen molar-refractivity contribution in [2.75, 3.05) is 0 Å². The van der Waals surface area contributed by atoms with E-state index in [4.69, 9.17) is 5.73 Å². The molecule has 2 rings (SSSR count). The highest BCUT2D eigenvalue weighted by Gasteiger charge is 2.27. The summed E-state index contributed by atoms with van der Waals surface area (Å²) in [6.07, 6.45) is 0. The largest absolute Gasteiger partial charge is 0.477 e. The van der Waals surface area contributed by atoms with Crippen LogP contribution in [0.5, 0.6) is 0 Å². The molecule has 0 radical (unpaired) electrons. The van der Waals surface area contributed by atoms with E-state index in [0.717, 1.165) is 16.1 Å². The number of hydrogen-bond acceptors (Lipinski definition) is 4. The number of nitrogens with two attached hydrogens (primary N) is 1. The fourth-order valence-electron chi connectivity index (χ4n) is 1.93. The summed E-state index contributed by atoms with van der Waals surface area (Å²) in [5, 5.41) is 10.1. The average molecular weight is 290 g/mol. The molecule has 3 N–H and O–H groups in total. The van der Waals surface area contributed by atoms with Crippen LogP contribution in [0.15, 0.2) is 24.3 Å². The minimum Gasteiger partial charge on any atom is -0.477 e. The predicted molar refractivity (Wildman–Crippen MR) is 81.1 cm³/mol. The first-order valence-electron chi connectivity index (χ1n) is 6.37. The van der Waals surface area contributed by atoms with Crippen LogP contribution in [0.1, 0.15) is 41.7 Å². The van der Waals surface area contributed by atoms with E-state index in [1.165, 1.54) is 11.3 Å². The van der Waals surface area contributed by atoms with Crippen molar-refractivity contribution in [2.45, 2.75) is 32.7 Å². The molecule has 0 amide bonds. The van der Waals surface area contributed by atoms with Gasteiger partial charge in [-0.3, -0.25) is 0 Å². The number of aromatic carboxylic acids is 1. The lowest BCUT2D eigenvalue weighted by Crippen LogP contribution is -2.16. The number of carbonyl (C=O) groups is 1. The molecule has 0 saturated heterocycles. The fraction of sp³-hybridized carbons (Fsp3) is 0.333. The normalized spacial score (nSPS) is 11.6. The minimum atomic E-state index is -0.923. The van der Waals surface area contributed by atoms with Crippen LogP contribution < -0.4 is 5.73 Å². The number of aromatic nitrogens is 1. The van der Waals surface area contributed by atoms with Crippen LogP contribution in [0.2, 0.25) is 0 Å². The molecular weight excluding hydrogens is 272 g/mol. The van der Waals surface area contributed by atoms with Gasteiger partial charge in [-0.25, -0.2) is 9.78 Å². The lowest BCUT2D eigenvalue weighted by molar-refractivity contribution is 0.0699. The maximum Gasteiger partial charge on any atom is 0.347 e. The summed E-state index contributed by atoms with van der Waals surface area (Å²) < 4.78 is 0. The summed E-state index contributed by atoms with van der Waals surface area (Å²) >= 11 is 1.22. The van der Waals surface area contributed by atoms with Gasteiger partial charge in [0.15, 0.2) is 0 Å². The van der Waals surface area contributed by atoms with E-state index in [1.54, 1.807) is 0 Å². The highest BCUT2D eigenvalue weighted by molar-refractivity contribution is 7.17. The SMILES string of the molecule is CC(C)(C)c1nc(-c2cccc(CN)c2)sc1C(=O)O. The number of nitrogens with zero attached hydrogens (tertiary/aromatic N) is 1. The first kappa shape index (κ1) is 14.7. The molecule has 0 aliphatic heterocycles. The van der Waals surface area contributed by atoms with Crippen LogP contribution in [-0.2, 0) is 12.0 Å². The van der Waals surface area contributed by atoms with Gasteiger partial charge in [0, 0.05) is 17.5 Å². The molecule has 1 aromatic carbocycles. The van der Waals surface area contributed by atoms with Gasteiger partial charge >= 0.3 is 5.97 Å². The van der Waals surface area contributed by atoms with E-state index in [2.05, 4.69) is 4.98 Å². The van der Waals surface area contributed by atoms with E-state index in [9.17, 15) is 9.90 Å². The van der Waals surface area contributed by atoms with Crippen LogP contribution in [0.4, 0.5) is 0 Å². The van der Waals surface area contributed by atoms with Crippen LogP contribution in [0.25, 0.3) is 10.6 Å². The third-order valence-electron chi connectivity index (χ3n) is 2.94. The first-order valence-corrected chi connectivity index (χ1v) is 7.18. The smallest absolute Gasteiger partial charge is 0.347 e. The van der Waals surface area contributed by atoms with Crippen LogP contribution >= 0.6 is 11.3 Å². The number of carboxylic acids is 1. The van der Waals surface area contributed by atoms with Crippen molar-refractivity contribution < 1.29 is 9.90 Å². The zero-order valence-corrected chi connectivity index (χ0v) is 12.6. The lowest BCUT2D eigenvalue weighted by atomic mass is 9.91. The Hall–Kier alpha value is -1.72. The van der Waals surface area contributed by atoms with Gasteiger partial charge in [-0.05, 0) is 11.6 Å². The quantitative estimate of drug-likeness (QED) is 0.909. The zero-order chi connectivity index (χ0) is 14.9. The number of benzene rings is 1. The second kappa shape index (κ2) is 5.34. The average Bonchev–Trinajstić information content (AvgIpc) is 2.84. The molecule has 0 saturated carbocycles. The highest BCUT2D eigenvalue weighted by atomic mass is 32.1. The number of thiazole rings is 1. The van der Waals surface area contributed by atoms with Crippen molar-refractivity contribution in [3.05, 3.63) is 40.4 Å². The van der Waals surface area contributed by atoms with Gasteiger partial charge in [0.1, 0.15) is 9.88 Å². The third kappa shape index (κ3) is 2.89. The zero-order valence-electron chi connectivity index (χ0n) is 11.8. The molecule has 4 nitrogen and oxygen atoms in total. The topological polar surface area (TPSA) is 76.2 Å². The van der Waals surface area contributed by atoms with Gasteiger partial charge in [0.25, 0.3) is 0 Å². The molecule has 1 aromatic heterocycles. The van der Waals surface area contributed by atoms with Gasteiger partial charge in [0.05, 0.1) is 5.69 Å². The van der Waals surface area contributed by atoms with Gasteiger partial charge in [-0.15, -0.1) is 11.3 Å². The molecule has 0 atom stereocenters. The molecule has 0 spiro atoms. The van der Waals surface area contributed by atoms with E-state index in [0.29, 0.717) is 17.1 Å². The monoisotopic (exact) mass is 290 g/mol. The Morgan fingerprint density at radius 2 is 2.10 bits per heavy atom. The molecule has 1 heterocycles. The molecule has 2 aromatic rings. The van der Waals surface area contributed by atoms with Crippen molar-refractivity contribution in [1.82, 2.24) is 4.98 Å². The number of carboxylic acid groups (broad SMARTS) is 1. The fourth-order valence-corrected chi connectivity index (χ4v) is 3.04. The van der Waals surface area contributed by atoms with Crippen LogP contribution in [0.3, 0.4) is 0 Å². The molecule has 20 heavy (non-hydrogen) atoms. The van der Waals surface area contributed by atoms with Crippen molar-refractivity contribution in [3.8, 4) is 10.6 Å². The minimum absolute atomic E-state index is 0.298. The lowest BCUT2D eigenvalue weighted by Gasteiger charge is -2.16. The van der Waals surface area contributed by atoms with Crippen molar-refractivity contribution in [3.63, 3.8) is 0 Å². The van der Waals surface area contributed by atoms with Gasteiger partial charge in [-0.1, -0.05) is 39.0 Å². The second-order valence-corrected chi connectivity index (χ2v) is 6.66. The summed E-state index contributed by atoms with van der Waals surface area (Å²) in [5.74, 6) is -0.923. The van der Waals surface area contributed by atoms with Crippen LogP contribution in [0, 0.1) is 0 Å². The number of hydrogen-bond donors (Lipinski definition) is 2. The van der Waals surface area contributed by atoms with Gasteiger partial charge < -0.3 is 10.8 Å².